The zero-order valence-corrected chi connectivity index (χ0v) is 9.94. The van der Waals surface area contributed by atoms with Crippen LogP contribution in [0.1, 0.15) is 0 Å². The van der Waals surface area contributed by atoms with Gasteiger partial charge in [-0.3, -0.25) is 4.79 Å². The van der Waals surface area contributed by atoms with E-state index in [0.29, 0.717) is 0 Å². The van der Waals surface area contributed by atoms with Crippen LogP contribution in [0.2, 0.25) is 5.02 Å². The molecule has 0 heterocycles. The molecule has 0 aliphatic rings. The van der Waals surface area contributed by atoms with E-state index in [1.807, 2.05) is 22.6 Å². The highest BCUT2D eigenvalue weighted by atomic mass is 127. The summed E-state index contributed by atoms with van der Waals surface area (Å²) in [7, 11) is 0. The first-order chi connectivity index (χ1) is 6.80. The van der Waals surface area contributed by atoms with E-state index in [9.17, 15) is 18.0 Å². The molecule has 0 fully saturated rings. The number of amides is 1. The van der Waals surface area contributed by atoms with E-state index < -0.39 is 12.1 Å². The third kappa shape index (κ3) is 3.53. The van der Waals surface area contributed by atoms with Crippen molar-refractivity contribution >= 4 is 45.8 Å². The average Bonchev–Trinajstić information content (AvgIpc) is 2.08. The minimum Gasteiger partial charge on any atom is -0.317 e. The SMILES string of the molecule is O=C(Nc1ccc(I)cc1Cl)C(F)(F)F. The highest BCUT2D eigenvalue weighted by Gasteiger charge is 2.38. The smallest absolute Gasteiger partial charge is 0.317 e. The summed E-state index contributed by atoms with van der Waals surface area (Å²) in [6.45, 7) is 0. The molecule has 0 aromatic heterocycles. The van der Waals surface area contributed by atoms with Gasteiger partial charge in [-0.25, -0.2) is 0 Å². The fourth-order valence-corrected chi connectivity index (χ4v) is 1.69. The largest absolute Gasteiger partial charge is 0.471 e. The molecule has 0 atom stereocenters. The highest BCUT2D eigenvalue weighted by molar-refractivity contribution is 14.1. The number of anilines is 1. The first kappa shape index (κ1) is 12.6. The van der Waals surface area contributed by atoms with Crippen molar-refractivity contribution in [2.24, 2.45) is 0 Å². The summed E-state index contributed by atoms with van der Waals surface area (Å²) < 4.78 is 36.4. The molecule has 0 bridgehead atoms. The van der Waals surface area contributed by atoms with Crippen LogP contribution in [0.15, 0.2) is 18.2 Å². The van der Waals surface area contributed by atoms with Gasteiger partial charge < -0.3 is 5.32 Å². The molecule has 1 N–H and O–H groups in total. The van der Waals surface area contributed by atoms with Gasteiger partial charge in [0.2, 0.25) is 0 Å². The molecule has 1 rings (SSSR count). The summed E-state index contributed by atoms with van der Waals surface area (Å²) in [4.78, 5) is 10.6. The lowest BCUT2D eigenvalue weighted by molar-refractivity contribution is -0.167. The molecule has 0 radical (unpaired) electrons. The summed E-state index contributed by atoms with van der Waals surface area (Å²) in [6.07, 6.45) is -4.91. The van der Waals surface area contributed by atoms with Gasteiger partial charge >= 0.3 is 12.1 Å². The summed E-state index contributed by atoms with van der Waals surface area (Å²) in [5.74, 6) is -2.04. The number of hydrogen-bond donors (Lipinski definition) is 1. The lowest BCUT2D eigenvalue weighted by Gasteiger charge is -2.09. The van der Waals surface area contributed by atoms with E-state index in [1.165, 1.54) is 12.1 Å². The Morgan fingerprint density at radius 1 is 1.40 bits per heavy atom. The van der Waals surface area contributed by atoms with Crippen molar-refractivity contribution in [3.8, 4) is 0 Å². The third-order valence-corrected chi connectivity index (χ3v) is 2.42. The number of halogens is 5. The number of carbonyl (C=O) groups excluding carboxylic acids is 1. The Labute approximate surface area is 102 Å². The van der Waals surface area contributed by atoms with Crippen molar-refractivity contribution in [1.29, 1.82) is 0 Å². The van der Waals surface area contributed by atoms with Gasteiger partial charge in [-0.15, -0.1) is 0 Å². The molecular formula is C8H4ClF3INO. The van der Waals surface area contributed by atoms with Gasteiger partial charge in [-0.05, 0) is 40.8 Å². The summed E-state index contributed by atoms with van der Waals surface area (Å²) in [6, 6.07) is 4.31. The van der Waals surface area contributed by atoms with E-state index in [0.717, 1.165) is 3.57 Å². The number of carbonyl (C=O) groups is 1. The molecule has 0 aliphatic carbocycles. The molecule has 0 unspecified atom stereocenters. The van der Waals surface area contributed by atoms with Crippen LogP contribution >= 0.6 is 34.2 Å². The molecule has 0 saturated carbocycles. The van der Waals surface area contributed by atoms with Gasteiger partial charge in [0.25, 0.3) is 0 Å². The molecule has 1 aromatic carbocycles. The second-order valence-corrected chi connectivity index (χ2v) is 4.23. The first-order valence-corrected chi connectivity index (χ1v) is 5.09. The van der Waals surface area contributed by atoms with Crippen molar-refractivity contribution in [2.75, 3.05) is 5.32 Å². The second-order valence-electron chi connectivity index (χ2n) is 2.58. The van der Waals surface area contributed by atoms with Gasteiger partial charge in [-0.2, -0.15) is 13.2 Å². The molecule has 1 aromatic rings. The number of nitrogens with one attached hydrogen (secondary N) is 1. The maximum atomic E-state index is 11.9. The van der Waals surface area contributed by atoms with Crippen LogP contribution in [-0.2, 0) is 4.79 Å². The second kappa shape index (κ2) is 4.56. The van der Waals surface area contributed by atoms with E-state index in [2.05, 4.69) is 0 Å². The van der Waals surface area contributed by atoms with E-state index in [4.69, 9.17) is 11.6 Å². The Bertz CT molecular complexity index is 394. The molecule has 7 heteroatoms. The minimum atomic E-state index is -4.91. The Kier molecular flexibility index (Phi) is 3.82. The fraction of sp³-hybridized carbons (Fsp3) is 0.125. The maximum absolute atomic E-state index is 11.9. The zero-order valence-electron chi connectivity index (χ0n) is 7.03. The van der Waals surface area contributed by atoms with E-state index in [-0.39, 0.29) is 10.7 Å². The summed E-state index contributed by atoms with van der Waals surface area (Å²) >= 11 is 7.59. The monoisotopic (exact) mass is 349 g/mol. The van der Waals surface area contributed by atoms with Crippen LogP contribution in [0.4, 0.5) is 18.9 Å². The van der Waals surface area contributed by atoms with Gasteiger partial charge in [0, 0.05) is 3.57 Å². The van der Waals surface area contributed by atoms with Crippen molar-refractivity contribution in [1.82, 2.24) is 0 Å². The normalized spacial score (nSPS) is 11.3. The van der Waals surface area contributed by atoms with Crippen molar-refractivity contribution in [3.63, 3.8) is 0 Å². The Morgan fingerprint density at radius 2 is 2.00 bits per heavy atom. The lowest BCUT2D eigenvalue weighted by Crippen LogP contribution is -2.30. The Balaban J connectivity index is 2.87. The van der Waals surface area contributed by atoms with Crippen LogP contribution in [0.5, 0.6) is 0 Å². The van der Waals surface area contributed by atoms with Crippen LogP contribution in [0, 0.1) is 3.57 Å². The molecule has 1 amide bonds. The fourth-order valence-electron chi connectivity index (χ4n) is 0.784. The molecule has 0 spiro atoms. The molecule has 82 valence electrons. The number of rotatable bonds is 1. The Hall–Kier alpha value is -0.500. The third-order valence-electron chi connectivity index (χ3n) is 1.44. The van der Waals surface area contributed by atoms with Crippen LogP contribution < -0.4 is 5.32 Å². The minimum absolute atomic E-state index is 0.0561. The standard InChI is InChI=1S/C8H4ClF3INO/c9-5-3-4(13)1-2-6(5)14-7(15)8(10,11)12/h1-3H,(H,14,15). The van der Waals surface area contributed by atoms with Gasteiger partial charge in [0.05, 0.1) is 10.7 Å². The van der Waals surface area contributed by atoms with Crippen LogP contribution in [-0.4, -0.2) is 12.1 Å². The van der Waals surface area contributed by atoms with E-state index >= 15 is 0 Å². The topological polar surface area (TPSA) is 29.1 Å². The molecule has 0 saturated heterocycles. The van der Waals surface area contributed by atoms with Gasteiger partial charge in [-0.1, -0.05) is 11.6 Å². The van der Waals surface area contributed by atoms with Crippen molar-refractivity contribution in [2.45, 2.75) is 6.18 Å². The summed E-state index contributed by atoms with van der Waals surface area (Å²) in [5, 5.41) is 1.75. The highest BCUT2D eigenvalue weighted by Crippen LogP contribution is 2.26. The van der Waals surface area contributed by atoms with Crippen molar-refractivity contribution in [3.05, 3.63) is 26.8 Å². The summed E-state index contributed by atoms with van der Waals surface area (Å²) in [5.41, 5.74) is -0.0561. The van der Waals surface area contributed by atoms with Gasteiger partial charge in [0.1, 0.15) is 0 Å². The predicted molar refractivity (Wildman–Crippen MR) is 58.9 cm³/mol. The number of hydrogen-bond acceptors (Lipinski definition) is 1. The average molecular weight is 349 g/mol. The molecular weight excluding hydrogens is 345 g/mol. The molecule has 2 nitrogen and oxygen atoms in total. The zero-order chi connectivity index (χ0) is 11.6. The quantitative estimate of drug-likeness (QED) is 0.773. The van der Waals surface area contributed by atoms with E-state index in [1.54, 1.807) is 11.4 Å². The number of benzene rings is 1. The first-order valence-electron chi connectivity index (χ1n) is 3.64. The number of alkyl halides is 3. The van der Waals surface area contributed by atoms with Gasteiger partial charge in [0.15, 0.2) is 0 Å². The predicted octanol–water partition coefficient (Wildman–Crippen LogP) is 3.45. The Morgan fingerprint density at radius 3 is 2.47 bits per heavy atom. The lowest BCUT2D eigenvalue weighted by atomic mass is 10.3. The van der Waals surface area contributed by atoms with Crippen molar-refractivity contribution < 1.29 is 18.0 Å². The molecule has 15 heavy (non-hydrogen) atoms. The van der Waals surface area contributed by atoms with Crippen LogP contribution in [0.3, 0.4) is 0 Å². The van der Waals surface area contributed by atoms with Crippen LogP contribution in [0.25, 0.3) is 0 Å². The molecule has 0 aliphatic heterocycles. The maximum Gasteiger partial charge on any atom is 0.471 e.